The molecule has 1 unspecified atom stereocenters. The lowest BCUT2D eigenvalue weighted by molar-refractivity contribution is -0.176. The van der Waals surface area contributed by atoms with Crippen LogP contribution in [-0.2, 0) is 9.47 Å². The van der Waals surface area contributed by atoms with Crippen molar-refractivity contribution in [3.63, 3.8) is 0 Å². The number of aromatic nitrogens is 2. The van der Waals surface area contributed by atoms with Crippen LogP contribution in [0.25, 0.3) is 11.1 Å². The van der Waals surface area contributed by atoms with Gasteiger partial charge in [-0.2, -0.15) is 0 Å². The smallest absolute Gasteiger partial charge is 0.257 e. The number of hydrogen-bond acceptors (Lipinski definition) is 5. The normalized spacial score (nSPS) is 22.0. The van der Waals surface area contributed by atoms with Gasteiger partial charge in [0.1, 0.15) is 12.1 Å². The number of morpholine rings is 1. The molecule has 6 nitrogen and oxygen atoms in total. The van der Waals surface area contributed by atoms with Crippen molar-refractivity contribution in [2.45, 2.75) is 31.5 Å². The summed E-state index contributed by atoms with van der Waals surface area (Å²) in [5.74, 6) is -0.842. The summed E-state index contributed by atoms with van der Waals surface area (Å²) in [6, 6.07) is 4.62. The van der Waals surface area contributed by atoms with Crippen molar-refractivity contribution in [1.82, 2.24) is 14.9 Å². The zero-order valence-electron chi connectivity index (χ0n) is 15.2. The van der Waals surface area contributed by atoms with Crippen molar-refractivity contribution in [2.75, 3.05) is 26.3 Å². The third kappa shape index (κ3) is 3.70. The molecular formula is C20H22FN3O3. The Hall–Kier alpha value is -2.38. The van der Waals surface area contributed by atoms with Crippen LogP contribution < -0.4 is 0 Å². The molecule has 2 saturated heterocycles. The number of rotatable bonds is 2. The summed E-state index contributed by atoms with van der Waals surface area (Å²) in [5, 5.41) is 0. The average molecular weight is 371 g/mol. The first-order chi connectivity index (χ1) is 13.1. The van der Waals surface area contributed by atoms with Crippen molar-refractivity contribution in [2.24, 2.45) is 0 Å². The van der Waals surface area contributed by atoms with Gasteiger partial charge in [0.2, 0.25) is 0 Å². The third-order valence-corrected chi connectivity index (χ3v) is 5.19. The van der Waals surface area contributed by atoms with Crippen molar-refractivity contribution in [1.29, 1.82) is 0 Å². The molecule has 3 heterocycles. The Morgan fingerprint density at radius 3 is 2.67 bits per heavy atom. The van der Waals surface area contributed by atoms with Crippen molar-refractivity contribution in [3.05, 3.63) is 48.3 Å². The number of carbonyl (C=O) groups excluding carboxylic acids is 1. The molecular weight excluding hydrogens is 349 g/mol. The van der Waals surface area contributed by atoms with Gasteiger partial charge >= 0.3 is 0 Å². The fraction of sp³-hybridized carbons (Fsp3) is 0.450. The minimum atomic E-state index is -0.540. The monoisotopic (exact) mass is 371 g/mol. The largest absolute Gasteiger partial charge is 0.381 e. The highest BCUT2D eigenvalue weighted by Gasteiger charge is 2.42. The van der Waals surface area contributed by atoms with Crippen LogP contribution in [0, 0.1) is 5.82 Å². The molecule has 0 N–H and O–H groups in total. The summed E-state index contributed by atoms with van der Waals surface area (Å²) in [5.41, 5.74) is 1.04. The fourth-order valence-corrected chi connectivity index (χ4v) is 3.88. The predicted molar refractivity (Wildman–Crippen MR) is 96.7 cm³/mol. The topological polar surface area (TPSA) is 64.6 Å². The minimum absolute atomic E-state index is 0.0758. The first kappa shape index (κ1) is 18.0. The van der Waals surface area contributed by atoms with Gasteiger partial charge in [0.25, 0.3) is 5.91 Å². The van der Waals surface area contributed by atoms with Crippen molar-refractivity contribution < 1.29 is 18.7 Å². The van der Waals surface area contributed by atoms with Gasteiger partial charge < -0.3 is 14.4 Å². The van der Waals surface area contributed by atoms with E-state index < -0.39 is 5.82 Å². The molecule has 0 bridgehead atoms. The van der Waals surface area contributed by atoms with E-state index in [4.69, 9.17) is 9.47 Å². The lowest BCUT2D eigenvalue weighted by Gasteiger charge is -2.47. The molecule has 0 saturated carbocycles. The van der Waals surface area contributed by atoms with Crippen LogP contribution in [0.15, 0.2) is 36.9 Å². The molecule has 2 fully saturated rings. The molecule has 1 spiro atoms. The zero-order valence-corrected chi connectivity index (χ0v) is 15.2. The first-order valence-corrected chi connectivity index (χ1v) is 9.16. The number of carbonyl (C=O) groups is 1. The summed E-state index contributed by atoms with van der Waals surface area (Å²) in [6.45, 7) is 4.11. The SMILES string of the molecule is CC1CN(C(=O)c2ccc(-c3cncnc3)cc2F)CC2(CCOCC2)O1. The van der Waals surface area contributed by atoms with Crippen LogP contribution >= 0.6 is 0 Å². The highest BCUT2D eigenvalue weighted by Crippen LogP contribution is 2.32. The Kier molecular flexibility index (Phi) is 4.88. The van der Waals surface area contributed by atoms with Crippen LogP contribution in [0.4, 0.5) is 4.39 Å². The van der Waals surface area contributed by atoms with Gasteiger partial charge in [0.05, 0.1) is 23.8 Å². The molecule has 2 aliphatic rings. The van der Waals surface area contributed by atoms with E-state index in [1.54, 1.807) is 23.4 Å². The maximum Gasteiger partial charge on any atom is 0.257 e. The molecule has 4 rings (SSSR count). The molecule has 1 atom stereocenters. The molecule has 142 valence electrons. The molecule has 2 aromatic rings. The number of amides is 1. The van der Waals surface area contributed by atoms with Crippen LogP contribution in [0.3, 0.4) is 0 Å². The lowest BCUT2D eigenvalue weighted by Crippen LogP contribution is -2.58. The summed E-state index contributed by atoms with van der Waals surface area (Å²) in [7, 11) is 0. The highest BCUT2D eigenvalue weighted by atomic mass is 19.1. The molecule has 1 amide bonds. The van der Waals surface area contributed by atoms with Crippen LogP contribution in [-0.4, -0.2) is 58.8 Å². The van der Waals surface area contributed by atoms with E-state index in [0.29, 0.717) is 37.4 Å². The molecule has 7 heteroatoms. The molecule has 2 aliphatic heterocycles. The summed E-state index contributed by atoms with van der Waals surface area (Å²) < 4.78 is 26.3. The maximum atomic E-state index is 14.7. The van der Waals surface area contributed by atoms with Crippen molar-refractivity contribution >= 4 is 5.91 Å². The van der Waals surface area contributed by atoms with E-state index in [2.05, 4.69) is 9.97 Å². The molecule has 0 aliphatic carbocycles. The molecule has 0 radical (unpaired) electrons. The Balaban J connectivity index is 1.57. The average Bonchev–Trinajstić information content (AvgIpc) is 2.68. The van der Waals surface area contributed by atoms with Gasteiger partial charge in [-0.25, -0.2) is 14.4 Å². The molecule has 27 heavy (non-hydrogen) atoms. The summed E-state index contributed by atoms with van der Waals surface area (Å²) in [6.07, 6.45) is 6.05. The minimum Gasteiger partial charge on any atom is -0.381 e. The number of nitrogens with zero attached hydrogens (tertiary/aromatic N) is 3. The second-order valence-electron chi connectivity index (χ2n) is 7.23. The summed E-state index contributed by atoms with van der Waals surface area (Å²) >= 11 is 0. The number of halogens is 1. The third-order valence-electron chi connectivity index (χ3n) is 5.19. The van der Waals surface area contributed by atoms with E-state index in [0.717, 1.165) is 12.8 Å². The first-order valence-electron chi connectivity index (χ1n) is 9.16. The van der Waals surface area contributed by atoms with E-state index >= 15 is 0 Å². The molecule has 1 aromatic carbocycles. The van der Waals surface area contributed by atoms with E-state index in [-0.39, 0.29) is 23.2 Å². The van der Waals surface area contributed by atoms with Crippen LogP contribution in [0.5, 0.6) is 0 Å². The van der Waals surface area contributed by atoms with Gasteiger partial charge in [0, 0.05) is 50.6 Å². The van der Waals surface area contributed by atoms with Gasteiger partial charge in [-0.05, 0) is 24.6 Å². The van der Waals surface area contributed by atoms with Gasteiger partial charge in [-0.15, -0.1) is 0 Å². The number of hydrogen-bond donors (Lipinski definition) is 0. The van der Waals surface area contributed by atoms with Gasteiger partial charge in [0.15, 0.2) is 0 Å². The Morgan fingerprint density at radius 1 is 1.22 bits per heavy atom. The van der Waals surface area contributed by atoms with E-state index in [1.807, 2.05) is 6.92 Å². The molecule has 1 aromatic heterocycles. The van der Waals surface area contributed by atoms with E-state index in [9.17, 15) is 9.18 Å². The van der Waals surface area contributed by atoms with E-state index in [1.165, 1.54) is 18.5 Å². The Bertz CT molecular complexity index is 824. The van der Waals surface area contributed by atoms with Gasteiger partial charge in [-0.1, -0.05) is 6.07 Å². The standard InChI is InChI=1S/C20H22FN3O3/c1-14-11-24(12-20(27-14)4-6-26-7-5-20)19(25)17-3-2-15(8-18(17)21)16-9-22-13-23-10-16/h2-3,8-10,13-14H,4-7,11-12H2,1H3. The second-order valence-corrected chi connectivity index (χ2v) is 7.23. The zero-order chi connectivity index (χ0) is 18.9. The maximum absolute atomic E-state index is 14.7. The van der Waals surface area contributed by atoms with Crippen molar-refractivity contribution in [3.8, 4) is 11.1 Å². The van der Waals surface area contributed by atoms with Gasteiger partial charge in [-0.3, -0.25) is 4.79 Å². The van der Waals surface area contributed by atoms with Crippen LogP contribution in [0.1, 0.15) is 30.1 Å². The summed E-state index contributed by atoms with van der Waals surface area (Å²) in [4.78, 5) is 22.6. The Morgan fingerprint density at radius 2 is 1.96 bits per heavy atom. The van der Waals surface area contributed by atoms with Crippen LogP contribution in [0.2, 0.25) is 0 Å². The highest BCUT2D eigenvalue weighted by molar-refractivity contribution is 5.95. The Labute approximate surface area is 157 Å². The second kappa shape index (κ2) is 7.32. The quantitative estimate of drug-likeness (QED) is 0.812. The fourth-order valence-electron chi connectivity index (χ4n) is 3.88. The number of ether oxygens (including phenoxy) is 2. The lowest BCUT2D eigenvalue weighted by atomic mass is 9.91. The predicted octanol–water partition coefficient (Wildman–Crippen LogP) is 2.69. The number of benzene rings is 1.